The van der Waals surface area contributed by atoms with Crippen LogP contribution >= 0.6 is 0 Å². The van der Waals surface area contributed by atoms with Gasteiger partial charge < -0.3 is 15.8 Å². The molecular formula is C14H17N3O. The molecule has 0 bridgehead atoms. The van der Waals surface area contributed by atoms with Gasteiger partial charge in [-0.2, -0.15) is 0 Å². The summed E-state index contributed by atoms with van der Waals surface area (Å²) < 4.78 is 5.27. The number of benzene rings is 1. The molecule has 0 unspecified atom stereocenters. The summed E-state index contributed by atoms with van der Waals surface area (Å²) in [7, 11) is 1.76. The molecule has 1 aromatic carbocycles. The highest BCUT2D eigenvalue weighted by Gasteiger charge is 2.29. The molecule has 94 valence electrons. The maximum absolute atomic E-state index is 6.18. The van der Waals surface area contributed by atoms with Crippen molar-refractivity contribution in [2.24, 2.45) is 0 Å². The quantitative estimate of drug-likeness (QED) is 0.813. The van der Waals surface area contributed by atoms with Crippen molar-refractivity contribution < 1.29 is 4.74 Å². The van der Waals surface area contributed by atoms with Gasteiger partial charge in [0.2, 0.25) is 0 Å². The van der Waals surface area contributed by atoms with Gasteiger partial charge in [-0.05, 0) is 37.1 Å². The molecule has 4 nitrogen and oxygen atoms in total. The lowest BCUT2D eigenvalue weighted by Crippen LogP contribution is -2.40. The van der Waals surface area contributed by atoms with E-state index in [0.717, 1.165) is 35.1 Å². The molecule has 3 rings (SSSR count). The maximum Gasteiger partial charge on any atom is 0.0724 e. The molecule has 18 heavy (non-hydrogen) atoms. The number of rotatable bonds is 3. The highest BCUT2D eigenvalue weighted by molar-refractivity contribution is 5.96. The van der Waals surface area contributed by atoms with Crippen LogP contribution in [0.2, 0.25) is 0 Å². The maximum atomic E-state index is 6.18. The Hall–Kier alpha value is -1.81. The number of fused-ring (bicyclic) bond motifs is 1. The molecule has 0 saturated heterocycles. The third-order valence-corrected chi connectivity index (χ3v) is 3.61. The normalized spacial score (nSPS) is 22.7. The van der Waals surface area contributed by atoms with E-state index in [0.29, 0.717) is 12.1 Å². The first-order valence-corrected chi connectivity index (χ1v) is 6.20. The molecule has 1 aliphatic carbocycles. The van der Waals surface area contributed by atoms with Crippen molar-refractivity contribution in [3.63, 3.8) is 0 Å². The lowest BCUT2D eigenvalue weighted by molar-refractivity contribution is 0.0329. The topological polar surface area (TPSA) is 60.2 Å². The first-order valence-electron chi connectivity index (χ1n) is 6.20. The number of nitrogen functional groups attached to an aromatic ring is 1. The molecule has 1 aromatic heterocycles. The molecule has 1 aliphatic rings. The van der Waals surface area contributed by atoms with Gasteiger partial charge in [-0.15, -0.1) is 0 Å². The van der Waals surface area contributed by atoms with Gasteiger partial charge in [0.05, 0.1) is 23.0 Å². The van der Waals surface area contributed by atoms with Gasteiger partial charge in [0.25, 0.3) is 0 Å². The van der Waals surface area contributed by atoms with E-state index in [1.807, 2.05) is 24.3 Å². The second-order valence-electron chi connectivity index (χ2n) is 4.77. The number of ether oxygens (including phenoxy) is 1. The van der Waals surface area contributed by atoms with E-state index in [1.54, 1.807) is 13.3 Å². The average molecular weight is 243 g/mol. The van der Waals surface area contributed by atoms with Crippen LogP contribution in [0.1, 0.15) is 12.8 Å². The lowest BCUT2D eigenvalue weighted by atomic mass is 9.89. The fraction of sp³-hybridized carbons (Fsp3) is 0.357. The number of nitrogens with zero attached hydrogens (tertiary/aromatic N) is 1. The van der Waals surface area contributed by atoms with Crippen LogP contribution in [0.15, 0.2) is 30.5 Å². The standard InChI is InChI=1S/C14H17N3O/c1-18-10-7-9(8-10)17-13-5-4-12-11(14(13)15)3-2-6-16-12/h2-6,9-10,17H,7-8,15H2,1H3. The number of aromatic nitrogens is 1. The Bertz CT molecular complexity index is 564. The first kappa shape index (κ1) is 11.3. The van der Waals surface area contributed by atoms with Crippen molar-refractivity contribution in [1.82, 2.24) is 4.98 Å². The molecule has 2 aromatic rings. The van der Waals surface area contributed by atoms with Gasteiger partial charge in [0.15, 0.2) is 0 Å². The summed E-state index contributed by atoms with van der Waals surface area (Å²) >= 11 is 0. The van der Waals surface area contributed by atoms with Crippen molar-refractivity contribution in [2.75, 3.05) is 18.2 Å². The summed E-state index contributed by atoms with van der Waals surface area (Å²) in [5.74, 6) is 0. The largest absolute Gasteiger partial charge is 0.397 e. The number of methoxy groups -OCH3 is 1. The highest BCUT2D eigenvalue weighted by Crippen LogP contribution is 2.32. The highest BCUT2D eigenvalue weighted by atomic mass is 16.5. The van der Waals surface area contributed by atoms with Crippen LogP contribution in [0.4, 0.5) is 11.4 Å². The van der Waals surface area contributed by atoms with E-state index >= 15 is 0 Å². The van der Waals surface area contributed by atoms with E-state index < -0.39 is 0 Å². The first-order chi connectivity index (χ1) is 8.78. The molecule has 0 radical (unpaired) electrons. The van der Waals surface area contributed by atoms with Crippen LogP contribution < -0.4 is 11.1 Å². The molecule has 0 amide bonds. The fourth-order valence-corrected chi connectivity index (χ4v) is 2.40. The minimum absolute atomic E-state index is 0.394. The van der Waals surface area contributed by atoms with Crippen LogP contribution in [-0.4, -0.2) is 24.2 Å². The number of hydrogen-bond donors (Lipinski definition) is 2. The summed E-state index contributed by atoms with van der Waals surface area (Å²) in [6.07, 6.45) is 4.26. The zero-order valence-electron chi connectivity index (χ0n) is 10.4. The number of pyridine rings is 1. The second-order valence-corrected chi connectivity index (χ2v) is 4.77. The van der Waals surface area contributed by atoms with Gasteiger partial charge in [-0.1, -0.05) is 0 Å². The van der Waals surface area contributed by atoms with Crippen LogP contribution in [0.3, 0.4) is 0 Å². The monoisotopic (exact) mass is 243 g/mol. The van der Waals surface area contributed by atoms with Crippen molar-refractivity contribution in [3.05, 3.63) is 30.5 Å². The van der Waals surface area contributed by atoms with E-state index in [9.17, 15) is 0 Å². The van der Waals surface area contributed by atoms with E-state index in [4.69, 9.17) is 10.5 Å². The zero-order chi connectivity index (χ0) is 12.5. The predicted molar refractivity (Wildman–Crippen MR) is 73.6 cm³/mol. The smallest absolute Gasteiger partial charge is 0.0724 e. The third kappa shape index (κ3) is 1.88. The Balaban J connectivity index is 1.83. The molecule has 1 heterocycles. The summed E-state index contributed by atoms with van der Waals surface area (Å²) in [5, 5.41) is 4.48. The number of nitrogens with one attached hydrogen (secondary N) is 1. The number of nitrogens with two attached hydrogens (primary N) is 1. The molecular weight excluding hydrogens is 226 g/mol. The van der Waals surface area contributed by atoms with E-state index in [1.165, 1.54) is 0 Å². The van der Waals surface area contributed by atoms with Crippen molar-refractivity contribution in [2.45, 2.75) is 25.0 Å². The average Bonchev–Trinajstić information content (AvgIpc) is 2.36. The van der Waals surface area contributed by atoms with Gasteiger partial charge >= 0.3 is 0 Å². The Labute approximate surface area is 106 Å². The molecule has 1 fully saturated rings. The Morgan fingerprint density at radius 3 is 2.94 bits per heavy atom. The van der Waals surface area contributed by atoms with Crippen LogP contribution in [0, 0.1) is 0 Å². The van der Waals surface area contributed by atoms with Crippen LogP contribution in [0.25, 0.3) is 10.9 Å². The van der Waals surface area contributed by atoms with Gasteiger partial charge in [0, 0.05) is 24.7 Å². The summed E-state index contributed by atoms with van der Waals surface area (Å²) in [4.78, 5) is 4.29. The summed E-state index contributed by atoms with van der Waals surface area (Å²) in [5.41, 5.74) is 8.89. The predicted octanol–water partition coefficient (Wildman–Crippen LogP) is 2.41. The summed E-state index contributed by atoms with van der Waals surface area (Å²) in [6, 6.07) is 8.38. The molecule has 1 saturated carbocycles. The van der Waals surface area contributed by atoms with Gasteiger partial charge in [-0.3, -0.25) is 4.98 Å². The molecule has 0 aliphatic heterocycles. The number of hydrogen-bond acceptors (Lipinski definition) is 4. The molecule has 3 N–H and O–H groups in total. The van der Waals surface area contributed by atoms with Crippen molar-refractivity contribution >= 4 is 22.3 Å². The minimum atomic E-state index is 0.394. The molecule has 4 heteroatoms. The molecule has 0 spiro atoms. The van der Waals surface area contributed by atoms with E-state index in [-0.39, 0.29) is 0 Å². The minimum Gasteiger partial charge on any atom is -0.397 e. The third-order valence-electron chi connectivity index (χ3n) is 3.61. The Kier molecular flexibility index (Phi) is 2.80. The second kappa shape index (κ2) is 4.46. The van der Waals surface area contributed by atoms with Crippen molar-refractivity contribution in [1.29, 1.82) is 0 Å². The fourth-order valence-electron chi connectivity index (χ4n) is 2.40. The van der Waals surface area contributed by atoms with E-state index in [2.05, 4.69) is 10.3 Å². The van der Waals surface area contributed by atoms with Gasteiger partial charge in [0.1, 0.15) is 0 Å². The zero-order valence-corrected chi connectivity index (χ0v) is 10.4. The summed E-state index contributed by atoms with van der Waals surface area (Å²) in [6.45, 7) is 0. The lowest BCUT2D eigenvalue weighted by Gasteiger charge is -2.35. The Morgan fingerprint density at radius 1 is 1.33 bits per heavy atom. The Morgan fingerprint density at radius 2 is 2.17 bits per heavy atom. The SMILES string of the molecule is COC1CC(Nc2ccc3ncccc3c2N)C1. The van der Waals surface area contributed by atoms with Crippen molar-refractivity contribution in [3.8, 4) is 0 Å². The van der Waals surface area contributed by atoms with Gasteiger partial charge in [-0.25, -0.2) is 0 Å². The van der Waals surface area contributed by atoms with Crippen LogP contribution in [0.5, 0.6) is 0 Å². The number of anilines is 2. The van der Waals surface area contributed by atoms with Crippen LogP contribution in [-0.2, 0) is 4.74 Å². The molecule has 0 atom stereocenters.